The molecule has 5 nitrogen and oxygen atoms in total. The van der Waals surface area contributed by atoms with E-state index in [1.165, 1.54) is 0 Å². The molecule has 0 unspecified atom stereocenters. The highest BCUT2D eigenvalue weighted by Gasteiger charge is 2.29. The molecule has 2 aromatic rings. The lowest BCUT2D eigenvalue weighted by Gasteiger charge is -2.33. The topological polar surface area (TPSA) is 60.3 Å². The van der Waals surface area contributed by atoms with Gasteiger partial charge in [0.25, 0.3) is 5.56 Å². The summed E-state index contributed by atoms with van der Waals surface area (Å²) >= 11 is -1.18. The summed E-state index contributed by atoms with van der Waals surface area (Å²) in [6.07, 6.45) is 2.30. The van der Waals surface area contributed by atoms with Crippen molar-refractivity contribution in [2.75, 3.05) is 18.0 Å². The van der Waals surface area contributed by atoms with Gasteiger partial charge in [0, 0.05) is 36.9 Å². The van der Waals surface area contributed by atoms with Crippen LogP contribution in [0, 0.1) is 12.8 Å². The van der Waals surface area contributed by atoms with Crippen molar-refractivity contribution in [3.05, 3.63) is 39.7 Å². The van der Waals surface area contributed by atoms with Gasteiger partial charge in [-0.1, -0.05) is 13.0 Å². The molecule has 0 spiro atoms. The van der Waals surface area contributed by atoms with Gasteiger partial charge in [0.2, 0.25) is 0 Å². The number of aromatic nitrogens is 1. The lowest BCUT2D eigenvalue weighted by atomic mass is 9.97. The number of hydrogen-bond donors (Lipinski definition) is 1. The summed E-state index contributed by atoms with van der Waals surface area (Å²) in [5.74, 6) is 1.71. The fourth-order valence-electron chi connectivity index (χ4n) is 3.97. The minimum absolute atomic E-state index is 0.0326. The minimum atomic E-state index is -1.18. The van der Waals surface area contributed by atoms with Crippen LogP contribution in [-0.2, 0) is 18.4 Å². The van der Waals surface area contributed by atoms with Gasteiger partial charge >= 0.3 is 0 Å². The molecule has 2 atom stereocenters. The van der Waals surface area contributed by atoms with Crippen LogP contribution in [0.4, 0.5) is 5.82 Å². The molecule has 1 aromatic heterocycles. The first-order chi connectivity index (χ1) is 13.5. The summed E-state index contributed by atoms with van der Waals surface area (Å²) in [7, 11) is 1.87. The SMILES string of the molecule is Cc1cc([C@@H](C)N[S@+]([O-])C(C)(C)C)c2cc(N3CCC(C)CC3)n(C)c(=O)c2c1. The van der Waals surface area contributed by atoms with Gasteiger partial charge < -0.3 is 9.45 Å². The quantitative estimate of drug-likeness (QED) is 0.758. The molecule has 1 aromatic carbocycles. The van der Waals surface area contributed by atoms with Crippen molar-refractivity contribution in [3.63, 3.8) is 0 Å². The molecule has 3 rings (SSSR count). The van der Waals surface area contributed by atoms with Crippen molar-refractivity contribution in [1.29, 1.82) is 0 Å². The number of nitrogens with zero attached hydrogens (tertiary/aromatic N) is 2. The van der Waals surface area contributed by atoms with Crippen molar-refractivity contribution < 1.29 is 4.55 Å². The van der Waals surface area contributed by atoms with E-state index in [0.29, 0.717) is 0 Å². The van der Waals surface area contributed by atoms with Crippen molar-refractivity contribution in [3.8, 4) is 0 Å². The Morgan fingerprint density at radius 3 is 2.38 bits per heavy atom. The fourth-order valence-corrected chi connectivity index (χ4v) is 4.78. The fraction of sp³-hybridized carbons (Fsp3) is 0.609. The number of rotatable bonds is 4. The molecule has 0 saturated carbocycles. The molecule has 2 heterocycles. The third kappa shape index (κ3) is 4.65. The summed E-state index contributed by atoms with van der Waals surface area (Å²) in [6.45, 7) is 14.2. The number of aryl methyl sites for hydroxylation is 1. The van der Waals surface area contributed by atoms with Crippen LogP contribution >= 0.6 is 0 Å². The number of pyridine rings is 1. The van der Waals surface area contributed by atoms with Crippen molar-refractivity contribution in [1.82, 2.24) is 9.29 Å². The smallest absolute Gasteiger partial charge is 0.259 e. The summed E-state index contributed by atoms with van der Waals surface area (Å²) in [5.41, 5.74) is 2.10. The van der Waals surface area contributed by atoms with E-state index in [9.17, 15) is 9.35 Å². The van der Waals surface area contributed by atoms with Gasteiger partial charge in [-0.25, -0.2) is 0 Å². The number of fused-ring (bicyclic) bond motifs is 1. The number of hydrogen-bond acceptors (Lipinski definition) is 4. The zero-order valence-electron chi connectivity index (χ0n) is 18.8. The Morgan fingerprint density at radius 2 is 1.79 bits per heavy atom. The number of piperidine rings is 1. The minimum Gasteiger partial charge on any atom is -0.598 e. The number of benzene rings is 1. The lowest BCUT2D eigenvalue weighted by Crippen LogP contribution is -2.40. The molecule has 0 bridgehead atoms. The van der Waals surface area contributed by atoms with Gasteiger partial charge in [-0.15, -0.1) is 4.72 Å². The predicted octanol–water partition coefficient (Wildman–Crippen LogP) is 4.20. The first-order valence-electron chi connectivity index (χ1n) is 10.6. The number of anilines is 1. The zero-order chi connectivity index (χ0) is 21.5. The molecular formula is C23H35N3O2S. The molecule has 1 aliphatic rings. The second-order valence-electron chi connectivity index (χ2n) is 9.57. The van der Waals surface area contributed by atoms with E-state index < -0.39 is 11.4 Å². The van der Waals surface area contributed by atoms with Gasteiger partial charge in [-0.2, -0.15) is 0 Å². The van der Waals surface area contributed by atoms with Crippen LogP contribution in [0.5, 0.6) is 0 Å². The Labute approximate surface area is 177 Å². The van der Waals surface area contributed by atoms with Crippen LogP contribution in [0.1, 0.15) is 64.6 Å². The normalized spacial score (nSPS) is 18.3. The van der Waals surface area contributed by atoms with Gasteiger partial charge in [0.05, 0.1) is 6.04 Å². The molecule has 1 aliphatic heterocycles. The summed E-state index contributed by atoms with van der Waals surface area (Å²) in [6, 6.07) is 6.11. The highest BCUT2D eigenvalue weighted by atomic mass is 32.2. The molecule has 6 heteroatoms. The molecule has 29 heavy (non-hydrogen) atoms. The predicted molar refractivity (Wildman–Crippen MR) is 124 cm³/mol. The molecule has 160 valence electrons. The first kappa shape index (κ1) is 22.2. The lowest BCUT2D eigenvalue weighted by molar-refractivity contribution is 0.434. The Hall–Kier alpha value is -1.50. The van der Waals surface area contributed by atoms with E-state index >= 15 is 0 Å². The monoisotopic (exact) mass is 417 g/mol. The van der Waals surface area contributed by atoms with E-state index in [-0.39, 0.29) is 16.3 Å². The summed E-state index contributed by atoms with van der Waals surface area (Å²) in [5, 5.41) is 1.69. The van der Waals surface area contributed by atoms with E-state index in [1.54, 1.807) is 4.57 Å². The van der Waals surface area contributed by atoms with Crippen LogP contribution in [0.2, 0.25) is 0 Å². The summed E-state index contributed by atoms with van der Waals surface area (Å²) in [4.78, 5) is 15.5. The van der Waals surface area contributed by atoms with E-state index in [4.69, 9.17) is 0 Å². The van der Waals surface area contributed by atoms with E-state index in [0.717, 1.165) is 59.6 Å². The molecule has 1 fully saturated rings. The van der Waals surface area contributed by atoms with Crippen LogP contribution in [-0.4, -0.2) is 27.0 Å². The summed E-state index contributed by atoms with van der Waals surface area (Å²) < 4.78 is 17.3. The Bertz CT molecular complexity index is 940. The van der Waals surface area contributed by atoms with Crippen LogP contribution in [0.15, 0.2) is 23.0 Å². The largest absolute Gasteiger partial charge is 0.598 e. The highest BCUT2D eigenvalue weighted by molar-refractivity contribution is 7.90. The van der Waals surface area contributed by atoms with Gasteiger partial charge in [0.15, 0.2) is 0 Å². The Balaban J connectivity index is 2.09. The second-order valence-corrected chi connectivity index (χ2v) is 11.6. The molecule has 1 N–H and O–H groups in total. The van der Waals surface area contributed by atoms with Crippen molar-refractivity contribution in [2.24, 2.45) is 13.0 Å². The second kappa shape index (κ2) is 8.32. The average molecular weight is 418 g/mol. The van der Waals surface area contributed by atoms with Crippen LogP contribution < -0.4 is 15.2 Å². The first-order valence-corrected chi connectivity index (χ1v) is 11.7. The Kier molecular flexibility index (Phi) is 6.37. The van der Waals surface area contributed by atoms with Gasteiger partial charge in [0.1, 0.15) is 10.6 Å². The van der Waals surface area contributed by atoms with E-state index in [2.05, 4.69) is 28.7 Å². The highest BCUT2D eigenvalue weighted by Crippen LogP contribution is 2.30. The molecular weight excluding hydrogens is 382 g/mol. The number of nitrogens with one attached hydrogen (secondary N) is 1. The van der Waals surface area contributed by atoms with Crippen LogP contribution in [0.25, 0.3) is 10.8 Å². The van der Waals surface area contributed by atoms with Crippen molar-refractivity contribution >= 4 is 28.0 Å². The standard InChI is InChI=1S/C23H35N3O2S/c1-15-8-10-26(11-9-15)21-14-19-18(17(3)24-29(28)23(4,5)6)12-16(2)13-20(19)22(27)25(21)7/h12-15,17,24H,8-11H2,1-7H3/t17-,29-/m1/s1. The van der Waals surface area contributed by atoms with Gasteiger partial charge in [-0.3, -0.25) is 9.36 Å². The van der Waals surface area contributed by atoms with Crippen LogP contribution in [0.3, 0.4) is 0 Å². The maximum atomic E-state index is 13.2. The third-order valence-electron chi connectivity index (χ3n) is 5.92. The molecule has 0 amide bonds. The molecule has 0 aliphatic carbocycles. The maximum Gasteiger partial charge on any atom is 0.259 e. The third-order valence-corrected chi connectivity index (χ3v) is 7.60. The zero-order valence-corrected chi connectivity index (χ0v) is 19.7. The van der Waals surface area contributed by atoms with E-state index in [1.807, 2.05) is 47.7 Å². The molecule has 1 saturated heterocycles. The maximum absolute atomic E-state index is 13.2. The van der Waals surface area contributed by atoms with Gasteiger partial charge in [-0.05, 0) is 82.0 Å². The van der Waals surface area contributed by atoms with Crippen molar-refractivity contribution in [2.45, 2.75) is 65.2 Å². The Morgan fingerprint density at radius 1 is 1.17 bits per heavy atom. The average Bonchev–Trinajstić information content (AvgIpc) is 2.64. The molecule has 0 radical (unpaired) electrons.